The van der Waals surface area contributed by atoms with Gasteiger partial charge in [0.1, 0.15) is 18.5 Å². The molecule has 2 rings (SSSR count). The van der Waals surface area contributed by atoms with Gasteiger partial charge in [0.05, 0.1) is 6.61 Å². The molecule has 0 saturated carbocycles. The van der Waals surface area contributed by atoms with E-state index in [0.29, 0.717) is 6.61 Å². The molecule has 1 aliphatic rings. The zero-order valence-electron chi connectivity index (χ0n) is 6.41. The number of rotatable bonds is 1. The summed E-state index contributed by atoms with van der Waals surface area (Å²) < 4.78 is 5.05. The van der Waals surface area contributed by atoms with Gasteiger partial charge in [-0.2, -0.15) is 0 Å². The van der Waals surface area contributed by atoms with Gasteiger partial charge in [-0.15, -0.1) is 0 Å². The molecule has 0 bridgehead atoms. The van der Waals surface area contributed by atoms with Crippen molar-refractivity contribution in [1.29, 1.82) is 0 Å². The van der Waals surface area contributed by atoms with E-state index in [-0.39, 0.29) is 18.6 Å². The van der Waals surface area contributed by atoms with Crippen LogP contribution in [0.1, 0.15) is 11.9 Å². The van der Waals surface area contributed by atoms with E-state index in [1.807, 2.05) is 0 Å². The minimum Gasteiger partial charge on any atom is -0.369 e. The Morgan fingerprint density at radius 2 is 2.58 bits per heavy atom. The molecule has 64 valence electrons. The van der Waals surface area contributed by atoms with Gasteiger partial charge in [0, 0.05) is 12.4 Å². The Balaban J connectivity index is 2.09. The van der Waals surface area contributed by atoms with E-state index in [1.165, 1.54) is 0 Å². The molecule has 1 aromatic heterocycles. The van der Waals surface area contributed by atoms with Crippen LogP contribution in [-0.4, -0.2) is 29.1 Å². The molecule has 0 aromatic carbocycles. The lowest BCUT2D eigenvalue weighted by Gasteiger charge is -2.21. The van der Waals surface area contributed by atoms with Gasteiger partial charge < -0.3 is 15.0 Å². The number of morpholine rings is 1. The number of amides is 1. The molecule has 2 heterocycles. The fourth-order valence-electron chi connectivity index (χ4n) is 1.16. The molecule has 0 spiro atoms. The number of nitrogens with zero attached hydrogens (tertiary/aromatic N) is 1. The number of carbonyl (C=O) groups excluding carboxylic acids is 1. The molecule has 0 aliphatic carbocycles. The molecule has 5 nitrogen and oxygen atoms in total. The van der Waals surface area contributed by atoms with Crippen molar-refractivity contribution >= 4 is 5.91 Å². The Labute approximate surface area is 69.1 Å². The van der Waals surface area contributed by atoms with E-state index in [1.54, 1.807) is 12.4 Å². The maximum absolute atomic E-state index is 10.9. The largest absolute Gasteiger partial charge is 0.369 e. The van der Waals surface area contributed by atoms with Crippen LogP contribution in [0.15, 0.2) is 12.4 Å². The predicted molar refractivity (Wildman–Crippen MR) is 40.3 cm³/mol. The van der Waals surface area contributed by atoms with E-state index in [4.69, 9.17) is 4.74 Å². The number of aromatic nitrogens is 2. The third-order valence-electron chi connectivity index (χ3n) is 1.70. The van der Waals surface area contributed by atoms with Gasteiger partial charge in [-0.3, -0.25) is 4.79 Å². The number of aromatic amines is 1. The molecule has 1 saturated heterocycles. The first-order valence-electron chi connectivity index (χ1n) is 3.72. The van der Waals surface area contributed by atoms with Crippen LogP contribution in [-0.2, 0) is 9.53 Å². The van der Waals surface area contributed by atoms with Gasteiger partial charge in [-0.25, -0.2) is 4.98 Å². The van der Waals surface area contributed by atoms with Gasteiger partial charge >= 0.3 is 0 Å². The summed E-state index contributed by atoms with van der Waals surface area (Å²) in [4.78, 5) is 17.8. The summed E-state index contributed by atoms with van der Waals surface area (Å²) in [6, 6.07) is -0.124. The van der Waals surface area contributed by atoms with Gasteiger partial charge in [-0.05, 0) is 0 Å². The average molecular weight is 167 g/mol. The zero-order valence-corrected chi connectivity index (χ0v) is 6.41. The summed E-state index contributed by atoms with van der Waals surface area (Å²) in [5.74, 6) is 0.644. The minimum absolute atomic E-state index is 0.0948. The molecule has 12 heavy (non-hydrogen) atoms. The van der Waals surface area contributed by atoms with E-state index in [9.17, 15) is 4.79 Å². The highest BCUT2D eigenvalue weighted by molar-refractivity contribution is 5.78. The van der Waals surface area contributed by atoms with E-state index in [2.05, 4.69) is 15.3 Å². The quantitative estimate of drug-likeness (QED) is 0.598. The van der Waals surface area contributed by atoms with Crippen LogP contribution >= 0.6 is 0 Å². The monoisotopic (exact) mass is 167 g/mol. The highest BCUT2D eigenvalue weighted by Crippen LogP contribution is 2.10. The highest BCUT2D eigenvalue weighted by Gasteiger charge is 2.21. The van der Waals surface area contributed by atoms with Crippen molar-refractivity contribution in [3.63, 3.8) is 0 Å². The lowest BCUT2D eigenvalue weighted by atomic mass is 10.2. The van der Waals surface area contributed by atoms with Gasteiger partial charge in [0.25, 0.3) is 0 Å². The summed E-state index contributed by atoms with van der Waals surface area (Å²) in [5.41, 5.74) is 0. The van der Waals surface area contributed by atoms with Crippen LogP contribution in [0.4, 0.5) is 0 Å². The van der Waals surface area contributed by atoms with Crippen molar-refractivity contribution in [3.8, 4) is 0 Å². The molecule has 1 unspecified atom stereocenters. The van der Waals surface area contributed by atoms with Crippen LogP contribution in [0.5, 0.6) is 0 Å². The third kappa shape index (κ3) is 1.31. The van der Waals surface area contributed by atoms with Crippen molar-refractivity contribution in [1.82, 2.24) is 15.3 Å². The normalized spacial score (nSPS) is 23.7. The van der Waals surface area contributed by atoms with Gasteiger partial charge in [0.2, 0.25) is 5.91 Å². The average Bonchev–Trinajstić information content (AvgIpc) is 2.56. The summed E-state index contributed by atoms with van der Waals surface area (Å²) in [7, 11) is 0. The standard InChI is InChI=1S/C7H9N3O2/c11-6-4-12-3-5(10-6)7-8-1-2-9-7/h1-2,5H,3-4H2,(H,8,9)(H,10,11). The van der Waals surface area contributed by atoms with Gasteiger partial charge in [-0.1, -0.05) is 0 Å². The second-order valence-corrected chi connectivity index (χ2v) is 2.61. The molecule has 1 aromatic rings. The second-order valence-electron chi connectivity index (χ2n) is 2.61. The van der Waals surface area contributed by atoms with Crippen molar-refractivity contribution in [2.45, 2.75) is 6.04 Å². The first-order chi connectivity index (χ1) is 5.86. The maximum atomic E-state index is 10.9. The molecule has 1 atom stereocenters. The van der Waals surface area contributed by atoms with Crippen molar-refractivity contribution in [2.24, 2.45) is 0 Å². The van der Waals surface area contributed by atoms with Crippen molar-refractivity contribution in [2.75, 3.05) is 13.2 Å². The fourth-order valence-corrected chi connectivity index (χ4v) is 1.16. The lowest BCUT2D eigenvalue weighted by Crippen LogP contribution is -2.40. The highest BCUT2D eigenvalue weighted by atomic mass is 16.5. The summed E-state index contributed by atoms with van der Waals surface area (Å²) in [6.07, 6.45) is 3.37. The SMILES string of the molecule is O=C1COCC(c2ncc[nH]2)N1. The van der Waals surface area contributed by atoms with Crippen molar-refractivity contribution in [3.05, 3.63) is 18.2 Å². The van der Waals surface area contributed by atoms with Crippen LogP contribution < -0.4 is 5.32 Å². The Hall–Kier alpha value is -1.36. The lowest BCUT2D eigenvalue weighted by molar-refractivity contribution is -0.131. The van der Waals surface area contributed by atoms with Crippen molar-refractivity contribution < 1.29 is 9.53 Å². The first-order valence-corrected chi connectivity index (χ1v) is 3.72. The fraction of sp³-hybridized carbons (Fsp3) is 0.429. The van der Waals surface area contributed by atoms with Crippen LogP contribution in [0.3, 0.4) is 0 Å². The summed E-state index contributed by atoms with van der Waals surface area (Å²) >= 11 is 0. The number of hydrogen-bond acceptors (Lipinski definition) is 3. The number of imidazole rings is 1. The summed E-state index contributed by atoms with van der Waals surface area (Å²) in [5, 5.41) is 2.76. The number of hydrogen-bond donors (Lipinski definition) is 2. The topological polar surface area (TPSA) is 67.0 Å². The molecule has 5 heteroatoms. The van der Waals surface area contributed by atoms with Crippen LogP contribution in [0.25, 0.3) is 0 Å². The molecular weight excluding hydrogens is 158 g/mol. The molecule has 1 fully saturated rings. The maximum Gasteiger partial charge on any atom is 0.246 e. The second kappa shape index (κ2) is 2.94. The van der Waals surface area contributed by atoms with E-state index >= 15 is 0 Å². The number of carbonyl (C=O) groups is 1. The molecular formula is C7H9N3O2. The Morgan fingerprint density at radius 1 is 1.67 bits per heavy atom. The minimum atomic E-state index is -0.124. The number of nitrogens with one attached hydrogen (secondary N) is 2. The first kappa shape index (κ1) is 7.30. The zero-order chi connectivity index (χ0) is 8.39. The van der Waals surface area contributed by atoms with E-state index < -0.39 is 0 Å². The predicted octanol–water partition coefficient (Wildman–Crippen LogP) is -0.403. The molecule has 0 radical (unpaired) electrons. The smallest absolute Gasteiger partial charge is 0.246 e. The van der Waals surface area contributed by atoms with Crippen LogP contribution in [0.2, 0.25) is 0 Å². The van der Waals surface area contributed by atoms with E-state index in [0.717, 1.165) is 5.82 Å². The number of H-pyrrole nitrogens is 1. The Bertz CT molecular complexity index is 270. The third-order valence-corrected chi connectivity index (χ3v) is 1.70. The molecule has 1 amide bonds. The van der Waals surface area contributed by atoms with Gasteiger partial charge in [0.15, 0.2) is 0 Å². The Morgan fingerprint density at radius 3 is 3.25 bits per heavy atom. The molecule has 2 N–H and O–H groups in total. The molecule has 1 aliphatic heterocycles. The Kier molecular flexibility index (Phi) is 1.79. The summed E-state index contributed by atoms with van der Waals surface area (Å²) in [6.45, 7) is 0.635. The number of ether oxygens (including phenoxy) is 1. The van der Waals surface area contributed by atoms with Crippen LogP contribution in [0, 0.1) is 0 Å².